The third kappa shape index (κ3) is 3.36. The molecule has 0 N–H and O–H groups in total. The molecule has 0 spiro atoms. The topological polar surface area (TPSA) is 48.1 Å². The number of nitro groups is 1. The minimum atomic E-state index is -0.364. The summed E-state index contributed by atoms with van der Waals surface area (Å²) in [6.45, 7) is 0.404. The van der Waals surface area contributed by atoms with Crippen molar-refractivity contribution in [1.82, 2.24) is 4.57 Å². The first-order valence-corrected chi connectivity index (χ1v) is 9.50. The SMILES string of the molecule is O=[N+]([O-])c1ccc2c(-c3cccc4ccccc34)cn(CCCCCF)c2c1. The van der Waals surface area contributed by atoms with Crippen molar-refractivity contribution in [3.05, 3.63) is 77.0 Å². The molecule has 4 nitrogen and oxygen atoms in total. The lowest BCUT2D eigenvalue weighted by molar-refractivity contribution is -0.384. The Morgan fingerprint density at radius 3 is 2.54 bits per heavy atom. The van der Waals surface area contributed by atoms with Crippen LogP contribution in [0.1, 0.15) is 19.3 Å². The van der Waals surface area contributed by atoms with Crippen LogP contribution in [0, 0.1) is 10.1 Å². The highest BCUT2D eigenvalue weighted by molar-refractivity contribution is 6.05. The van der Waals surface area contributed by atoms with Crippen molar-refractivity contribution in [3.63, 3.8) is 0 Å². The van der Waals surface area contributed by atoms with E-state index >= 15 is 0 Å². The number of unbranched alkanes of at least 4 members (excludes halogenated alkanes) is 2. The van der Waals surface area contributed by atoms with Crippen molar-refractivity contribution >= 4 is 27.4 Å². The second-order valence-electron chi connectivity index (χ2n) is 6.97. The van der Waals surface area contributed by atoms with Gasteiger partial charge in [0, 0.05) is 35.8 Å². The van der Waals surface area contributed by atoms with Crippen LogP contribution in [-0.2, 0) is 6.54 Å². The molecule has 3 aromatic carbocycles. The summed E-state index contributed by atoms with van der Waals surface area (Å²) in [7, 11) is 0. The summed E-state index contributed by atoms with van der Waals surface area (Å²) in [5, 5.41) is 14.6. The average Bonchev–Trinajstić information content (AvgIpc) is 3.08. The quantitative estimate of drug-likeness (QED) is 0.210. The van der Waals surface area contributed by atoms with Gasteiger partial charge in [-0.3, -0.25) is 14.5 Å². The molecule has 1 heterocycles. The molecule has 0 aliphatic rings. The first kappa shape index (κ1) is 18.2. The van der Waals surface area contributed by atoms with E-state index in [1.807, 2.05) is 24.3 Å². The number of aromatic nitrogens is 1. The molecule has 5 heteroatoms. The minimum absolute atomic E-state index is 0.0834. The van der Waals surface area contributed by atoms with Gasteiger partial charge in [-0.25, -0.2) is 0 Å². The second-order valence-corrected chi connectivity index (χ2v) is 6.97. The van der Waals surface area contributed by atoms with Gasteiger partial charge in [0.25, 0.3) is 5.69 Å². The Kier molecular flexibility index (Phi) is 5.06. The Bertz CT molecular complexity index is 1140. The monoisotopic (exact) mass is 376 g/mol. The van der Waals surface area contributed by atoms with Gasteiger partial charge in [0.1, 0.15) is 0 Å². The zero-order valence-electron chi connectivity index (χ0n) is 15.5. The second kappa shape index (κ2) is 7.80. The van der Waals surface area contributed by atoms with Crippen molar-refractivity contribution in [2.75, 3.05) is 6.67 Å². The van der Waals surface area contributed by atoms with E-state index in [0.717, 1.165) is 45.6 Å². The number of rotatable bonds is 7. The molecule has 0 atom stereocenters. The zero-order valence-corrected chi connectivity index (χ0v) is 15.5. The molecule has 0 fully saturated rings. The highest BCUT2D eigenvalue weighted by atomic mass is 19.1. The van der Waals surface area contributed by atoms with E-state index in [9.17, 15) is 14.5 Å². The Morgan fingerprint density at radius 2 is 1.71 bits per heavy atom. The molecule has 0 bridgehead atoms. The average molecular weight is 376 g/mol. The summed E-state index contributed by atoms with van der Waals surface area (Å²) in [5.74, 6) is 0. The van der Waals surface area contributed by atoms with Crippen LogP contribution in [0.15, 0.2) is 66.9 Å². The number of alkyl halides is 1. The third-order valence-electron chi connectivity index (χ3n) is 5.19. The van der Waals surface area contributed by atoms with Gasteiger partial charge >= 0.3 is 0 Å². The van der Waals surface area contributed by atoms with E-state index in [4.69, 9.17) is 0 Å². The van der Waals surface area contributed by atoms with Gasteiger partial charge in [0.15, 0.2) is 0 Å². The largest absolute Gasteiger partial charge is 0.347 e. The van der Waals surface area contributed by atoms with Crippen molar-refractivity contribution in [2.24, 2.45) is 0 Å². The van der Waals surface area contributed by atoms with Crippen LogP contribution >= 0.6 is 0 Å². The van der Waals surface area contributed by atoms with Crippen LogP contribution in [-0.4, -0.2) is 16.2 Å². The molecule has 0 aliphatic heterocycles. The Hall–Kier alpha value is -3.21. The van der Waals surface area contributed by atoms with E-state index < -0.39 is 0 Å². The van der Waals surface area contributed by atoms with Gasteiger partial charge in [0.2, 0.25) is 0 Å². The number of fused-ring (bicyclic) bond motifs is 2. The minimum Gasteiger partial charge on any atom is -0.347 e. The number of halogens is 1. The van der Waals surface area contributed by atoms with Gasteiger partial charge in [-0.1, -0.05) is 42.5 Å². The molecule has 0 saturated carbocycles. The summed E-state index contributed by atoms with van der Waals surface area (Å²) >= 11 is 0. The van der Waals surface area contributed by atoms with Crippen molar-refractivity contribution in [2.45, 2.75) is 25.8 Å². The molecule has 0 radical (unpaired) electrons. The van der Waals surface area contributed by atoms with E-state index in [0.29, 0.717) is 13.0 Å². The van der Waals surface area contributed by atoms with Crippen LogP contribution in [0.3, 0.4) is 0 Å². The van der Waals surface area contributed by atoms with Crippen LogP contribution < -0.4 is 0 Å². The smallest absolute Gasteiger partial charge is 0.271 e. The molecule has 0 amide bonds. The predicted octanol–water partition coefficient (Wildman–Crippen LogP) is 6.51. The molecule has 0 aliphatic carbocycles. The standard InChI is InChI=1S/C23H21FN2O2/c24-13-4-1-5-14-25-16-22(21-12-11-18(26(27)28)15-23(21)25)20-10-6-8-17-7-2-3-9-19(17)20/h2-3,6-12,15-16H,1,4-5,13-14H2. The fourth-order valence-electron chi connectivity index (χ4n) is 3.81. The number of benzene rings is 3. The molecule has 4 aromatic rings. The number of hydrogen-bond acceptors (Lipinski definition) is 2. The normalized spacial score (nSPS) is 11.3. The van der Waals surface area contributed by atoms with Crippen LogP contribution in [0.25, 0.3) is 32.8 Å². The Balaban J connectivity index is 1.87. The highest BCUT2D eigenvalue weighted by Crippen LogP contribution is 2.36. The molecular weight excluding hydrogens is 355 g/mol. The van der Waals surface area contributed by atoms with Gasteiger partial charge in [-0.05, 0) is 41.7 Å². The van der Waals surface area contributed by atoms with Crippen molar-refractivity contribution in [3.8, 4) is 11.1 Å². The summed E-state index contributed by atoms with van der Waals surface area (Å²) in [4.78, 5) is 10.9. The van der Waals surface area contributed by atoms with Crippen LogP contribution in [0.4, 0.5) is 10.1 Å². The number of hydrogen-bond donors (Lipinski definition) is 0. The fraction of sp³-hybridized carbons (Fsp3) is 0.217. The van der Waals surface area contributed by atoms with E-state index in [-0.39, 0.29) is 17.3 Å². The first-order valence-electron chi connectivity index (χ1n) is 9.50. The lowest BCUT2D eigenvalue weighted by atomic mass is 9.98. The van der Waals surface area contributed by atoms with Crippen LogP contribution in [0.5, 0.6) is 0 Å². The highest BCUT2D eigenvalue weighted by Gasteiger charge is 2.16. The molecular formula is C23H21FN2O2. The van der Waals surface area contributed by atoms with Crippen molar-refractivity contribution < 1.29 is 9.31 Å². The van der Waals surface area contributed by atoms with Crippen molar-refractivity contribution in [1.29, 1.82) is 0 Å². The van der Waals surface area contributed by atoms with Gasteiger partial charge in [-0.15, -0.1) is 0 Å². The molecule has 142 valence electrons. The van der Waals surface area contributed by atoms with Gasteiger partial charge in [0.05, 0.1) is 17.1 Å². The summed E-state index contributed by atoms with van der Waals surface area (Å²) in [5.41, 5.74) is 3.10. The van der Waals surface area contributed by atoms with E-state index in [1.165, 1.54) is 0 Å². The van der Waals surface area contributed by atoms with Crippen LogP contribution in [0.2, 0.25) is 0 Å². The summed E-state index contributed by atoms with van der Waals surface area (Å²) < 4.78 is 14.5. The molecule has 0 saturated heterocycles. The lowest BCUT2D eigenvalue weighted by Gasteiger charge is -2.05. The number of non-ortho nitro benzene ring substituents is 1. The fourth-order valence-corrected chi connectivity index (χ4v) is 3.81. The van der Waals surface area contributed by atoms with Gasteiger partial charge < -0.3 is 4.57 Å². The number of nitro benzene ring substituents is 1. The lowest BCUT2D eigenvalue weighted by Crippen LogP contribution is -1.97. The first-order chi connectivity index (χ1) is 13.7. The summed E-state index contributed by atoms with van der Waals surface area (Å²) in [6.07, 6.45) is 4.27. The molecule has 1 aromatic heterocycles. The van der Waals surface area contributed by atoms with Gasteiger partial charge in [-0.2, -0.15) is 0 Å². The predicted molar refractivity (Wildman–Crippen MR) is 111 cm³/mol. The third-order valence-corrected chi connectivity index (χ3v) is 5.19. The van der Waals surface area contributed by atoms with E-state index in [1.54, 1.807) is 12.1 Å². The Labute approximate surface area is 162 Å². The van der Waals surface area contributed by atoms with E-state index in [2.05, 4.69) is 35.0 Å². The molecule has 28 heavy (non-hydrogen) atoms. The maximum absolute atomic E-state index is 12.4. The summed E-state index contributed by atoms with van der Waals surface area (Å²) in [6, 6.07) is 19.5. The zero-order chi connectivity index (χ0) is 19.5. The molecule has 4 rings (SSSR count). The maximum Gasteiger partial charge on any atom is 0.271 e. The number of nitrogens with zero attached hydrogens (tertiary/aromatic N) is 2. The Morgan fingerprint density at radius 1 is 0.893 bits per heavy atom. The number of aryl methyl sites for hydroxylation is 1. The molecule has 0 unspecified atom stereocenters. The maximum atomic E-state index is 12.4.